The van der Waals surface area contributed by atoms with Crippen LogP contribution in [0.3, 0.4) is 0 Å². The molecule has 0 aliphatic carbocycles. The van der Waals surface area contributed by atoms with Gasteiger partial charge in [0.1, 0.15) is 5.78 Å². The van der Waals surface area contributed by atoms with Gasteiger partial charge in [0.2, 0.25) is 0 Å². The molecule has 0 radical (unpaired) electrons. The summed E-state index contributed by atoms with van der Waals surface area (Å²) in [5.74, 6) is -0.296. The predicted molar refractivity (Wildman–Crippen MR) is 57.2 cm³/mol. The number of Topliss-reactive ketones (excluding diaryl/α,β-unsaturated/α-hetero) is 1. The molecule has 4 heteroatoms. The number of nitrogens with one attached hydrogen (secondary N) is 1. The number of hydrogen-bond acceptors (Lipinski definition) is 2. The number of rotatable bonds is 3. The smallest absolute Gasteiger partial charge is 0.251 e. The van der Waals surface area contributed by atoms with Gasteiger partial charge < -0.3 is 5.32 Å². The van der Waals surface area contributed by atoms with Gasteiger partial charge in [0.15, 0.2) is 0 Å². The molecule has 1 aromatic carbocycles. The van der Waals surface area contributed by atoms with Crippen molar-refractivity contribution in [2.24, 2.45) is 0 Å². The Morgan fingerprint density at radius 2 is 2.14 bits per heavy atom. The van der Waals surface area contributed by atoms with E-state index in [9.17, 15) is 9.59 Å². The number of carbonyl (C=O) groups excluding carboxylic acids is 2. The van der Waals surface area contributed by atoms with Gasteiger partial charge in [0.25, 0.3) is 5.91 Å². The van der Waals surface area contributed by atoms with Crippen LogP contribution in [0.4, 0.5) is 0 Å². The topological polar surface area (TPSA) is 46.2 Å². The molecule has 0 aromatic heterocycles. The SMILES string of the molecule is CC(=O)CNC(=O)c1cccc(Br)c1. The van der Waals surface area contributed by atoms with Crippen LogP contribution in [0.25, 0.3) is 0 Å². The highest BCUT2D eigenvalue weighted by Gasteiger charge is 2.05. The van der Waals surface area contributed by atoms with Gasteiger partial charge in [-0.2, -0.15) is 0 Å². The Morgan fingerprint density at radius 1 is 1.43 bits per heavy atom. The largest absolute Gasteiger partial charge is 0.345 e. The normalized spacial score (nSPS) is 9.57. The average Bonchev–Trinajstić information content (AvgIpc) is 2.14. The fourth-order valence-corrected chi connectivity index (χ4v) is 1.34. The summed E-state index contributed by atoms with van der Waals surface area (Å²) in [4.78, 5) is 22.0. The van der Waals surface area contributed by atoms with Crippen LogP contribution in [0.1, 0.15) is 17.3 Å². The van der Waals surface area contributed by atoms with E-state index in [2.05, 4.69) is 21.2 Å². The number of amides is 1. The molecule has 0 aliphatic rings. The van der Waals surface area contributed by atoms with Gasteiger partial charge in [-0.05, 0) is 25.1 Å². The highest BCUT2D eigenvalue weighted by atomic mass is 79.9. The van der Waals surface area contributed by atoms with Crippen molar-refractivity contribution >= 4 is 27.6 Å². The van der Waals surface area contributed by atoms with Crippen molar-refractivity contribution in [3.05, 3.63) is 34.3 Å². The Kier molecular flexibility index (Phi) is 3.83. The predicted octanol–water partition coefficient (Wildman–Crippen LogP) is 1.77. The molecule has 0 aliphatic heterocycles. The molecule has 0 atom stereocenters. The van der Waals surface area contributed by atoms with Crippen LogP contribution in [0.15, 0.2) is 28.7 Å². The molecule has 0 bridgehead atoms. The van der Waals surface area contributed by atoms with E-state index in [1.54, 1.807) is 18.2 Å². The van der Waals surface area contributed by atoms with Crippen LogP contribution in [-0.4, -0.2) is 18.2 Å². The zero-order chi connectivity index (χ0) is 10.6. The van der Waals surface area contributed by atoms with Gasteiger partial charge >= 0.3 is 0 Å². The third-order valence-electron chi connectivity index (χ3n) is 1.58. The van der Waals surface area contributed by atoms with Crippen molar-refractivity contribution in [1.29, 1.82) is 0 Å². The minimum absolute atomic E-state index is 0.0617. The van der Waals surface area contributed by atoms with Crippen LogP contribution in [0, 0.1) is 0 Å². The van der Waals surface area contributed by atoms with Gasteiger partial charge in [0.05, 0.1) is 6.54 Å². The molecule has 1 N–H and O–H groups in total. The molecule has 1 rings (SSSR count). The van der Waals surface area contributed by atoms with Crippen molar-refractivity contribution < 1.29 is 9.59 Å². The summed E-state index contributed by atoms with van der Waals surface area (Å²) in [7, 11) is 0. The monoisotopic (exact) mass is 255 g/mol. The number of benzene rings is 1. The van der Waals surface area contributed by atoms with E-state index in [1.807, 2.05) is 6.07 Å². The first kappa shape index (κ1) is 10.9. The fourth-order valence-electron chi connectivity index (χ4n) is 0.937. The van der Waals surface area contributed by atoms with Crippen molar-refractivity contribution in [2.75, 3.05) is 6.54 Å². The van der Waals surface area contributed by atoms with Gasteiger partial charge in [0, 0.05) is 10.0 Å². The Balaban J connectivity index is 2.65. The summed E-state index contributed by atoms with van der Waals surface area (Å²) in [6.45, 7) is 1.51. The zero-order valence-corrected chi connectivity index (χ0v) is 9.30. The Labute approximate surface area is 90.6 Å². The molecule has 0 spiro atoms. The Bertz CT molecular complexity index is 363. The molecule has 0 unspecified atom stereocenters. The van der Waals surface area contributed by atoms with E-state index in [1.165, 1.54) is 6.92 Å². The second-order valence-corrected chi connectivity index (χ2v) is 3.81. The molecule has 0 saturated carbocycles. The number of halogens is 1. The Hall–Kier alpha value is -1.16. The molecule has 0 saturated heterocycles. The fraction of sp³-hybridized carbons (Fsp3) is 0.200. The van der Waals surface area contributed by atoms with E-state index in [4.69, 9.17) is 0 Å². The van der Waals surface area contributed by atoms with Gasteiger partial charge in [-0.15, -0.1) is 0 Å². The van der Waals surface area contributed by atoms with Gasteiger partial charge in [-0.25, -0.2) is 0 Å². The van der Waals surface area contributed by atoms with Crippen molar-refractivity contribution in [2.45, 2.75) is 6.92 Å². The van der Waals surface area contributed by atoms with Gasteiger partial charge in [-0.3, -0.25) is 9.59 Å². The number of carbonyl (C=O) groups is 2. The van der Waals surface area contributed by atoms with Crippen LogP contribution in [0.5, 0.6) is 0 Å². The molecule has 14 heavy (non-hydrogen) atoms. The molecule has 0 fully saturated rings. The van der Waals surface area contributed by atoms with Crippen molar-refractivity contribution in [3.63, 3.8) is 0 Å². The number of hydrogen-bond donors (Lipinski definition) is 1. The molecule has 0 heterocycles. The highest BCUT2D eigenvalue weighted by Crippen LogP contribution is 2.11. The second kappa shape index (κ2) is 4.91. The average molecular weight is 256 g/mol. The molecular weight excluding hydrogens is 246 g/mol. The lowest BCUT2D eigenvalue weighted by molar-refractivity contribution is -0.116. The third-order valence-corrected chi connectivity index (χ3v) is 2.08. The maximum absolute atomic E-state index is 11.4. The molecule has 1 aromatic rings. The molecule has 74 valence electrons. The highest BCUT2D eigenvalue weighted by molar-refractivity contribution is 9.10. The summed E-state index contributed by atoms with van der Waals surface area (Å²) in [6, 6.07) is 7.00. The third kappa shape index (κ3) is 3.30. The van der Waals surface area contributed by atoms with E-state index in [0.717, 1.165) is 4.47 Å². The van der Waals surface area contributed by atoms with E-state index in [0.29, 0.717) is 5.56 Å². The maximum atomic E-state index is 11.4. The first-order valence-corrected chi connectivity index (χ1v) is 4.92. The van der Waals surface area contributed by atoms with E-state index < -0.39 is 0 Å². The minimum Gasteiger partial charge on any atom is -0.345 e. The maximum Gasteiger partial charge on any atom is 0.251 e. The standard InChI is InChI=1S/C10H10BrNO2/c1-7(13)6-12-10(14)8-3-2-4-9(11)5-8/h2-5H,6H2,1H3,(H,12,14). The summed E-state index contributed by atoms with van der Waals surface area (Å²) < 4.78 is 0.841. The summed E-state index contributed by atoms with van der Waals surface area (Å²) in [5, 5.41) is 2.52. The lowest BCUT2D eigenvalue weighted by atomic mass is 10.2. The summed E-state index contributed by atoms with van der Waals surface area (Å²) >= 11 is 3.26. The summed E-state index contributed by atoms with van der Waals surface area (Å²) in [5.41, 5.74) is 0.542. The lowest BCUT2D eigenvalue weighted by Crippen LogP contribution is -2.28. The lowest BCUT2D eigenvalue weighted by Gasteiger charge is -2.02. The zero-order valence-electron chi connectivity index (χ0n) is 7.71. The Morgan fingerprint density at radius 3 is 2.71 bits per heavy atom. The first-order chi connectivity index (χ1) is 6.59. The molecule has 3 nitrogen and oxygen atoms in total. The van der Waals surface area contributed by atoms with E-state index in [-0.39, 0.29) is 18.2 Å². The molecule has 1 amide bonds. The first-order valence-electron chi connectivity index (χ1n) is 4.13. The van der Waals surface area contributed by atoms with Crippen LogP contribution in [-0.2, 0) is 4.79 Å². The molecular formula is C10H10BrNO2. The van der Waals surface area contributed by atoms with Gasteiger partial charge in [-0.1, -0.05) is 22.0 Å². The van der Waals surface area contributed by atoms with Crippen LogP contribution < -0.4 is 5.32 Å². The van der Waals surface area contributed by atoms with Crippen molar-refractivity contribution in [3.8, 4) is 0 Å². The van der Waals surface area contributed by atoms with Crippen molar-refractivity contribution in [1.82, 2.24) is 5.32 Å². The van der Waals surface area contributed by atoms with Crippen LogP contribution in [0.2, 0.25) is 0 Å². The quantitative estimate of drug-likeness (QED) is 0.895. The summed E-state index contributed by atoms with van der Waals surface area (Å²) in [6.07, 6.45) is 0. The van der Waals surface area contributed by atoms with Crippen LogP contribution >= 0.6 is 15.9 Å². The number of ketones is 1. The van der Waals surface area contributed by atoms with E-state index >= 15 is 0 Å². The second-order valence-electron chi connectivity index (χ2n) is 2.90. The minimum atomic E-state index is -0.235.